The zero-order valence-electron chi connectivity index (χ0n) is 4.95. The second-order valence-electron chi connectivity index (χ2n) is 1.56. The Bertz CT molecular complexity index is 212. The molecule has 0 spiro atoms. The van der Waals surface area contributed by atoms with Crippen LogP contribution in [0.4, 0.5) is 0 Å². The monoisotopic (exact) mass is 249 g/mol. The van der Waals surface area contributed by atoms with Crippen LogP contribution in [0.5, 0.6) is 0 Å². The van der Waals surface area contributed by atoms with Crippen LogP contribution < -0.4 is 0 Å². The first kappa shape index (κ1) is 10.1. The van der Waals surface area contributed by atoms with Crippen LogP contribution in [0.25, 0.3) is 0 Å². The summed E-state index contributed by atoms with van der Waals surface area (Å²) >= 11 is -1.83. The molecule has 0 saturated heterocycles. The van der Waals surface area contributed by atoms with Crippen molar-refractivity contribution in [2.45, 2.75) is 4.90 Å². The molecule has 0 aliphatic rings. The van der Waals surface area contributed by atoms with E-state index in [1.54, 1.807) is 30.3 Å². The van der Waals surface area contributed by atoms with Gasteiger partial charge < -0.3 is 4.55 Å². The molecule has 0 saturated carbocycles. The van der Waals surface area contributed by atoms with E-state index in [-0.39, 0.29) is 22.4 Å². The van der Waals surface area contributed by atoms with E-state index in [4.69, 9.17) is 4.55 Å². The van der Waals surface area contributed by atoms with Crippen LogP contribution in [0, 0.1) is 0 Å². The molecule has 1 atom stereocenters. The Hall–Kier alpha value is 0.0703. The number of hydrogen-bond acceptors (Lipinski definition) is 1. The SMILES string of the molecule is O=S(O)c1ccccc1.[Ag]. The fraction of sp³-hybridized carbons (Fsp3) is 0. The zero-order valence-corrected chi connectivity index (χ0v) is 7.25. The van der Waals surface area contributed by atoms with Crippen LogP contribution in [0.1, 0.15) is 0 Å². The maximum atomic E-state index is 10.3. The van der Waals surface area contributed by atoms with Crippen molar-refractivity contribution in [2.75, 3.05) is 0 Å². The molecule has 1 rings (SSSR count). The Morgan fingerprint density at radius 1 is 1.20 bits per heavy atom. The second kappa shape index (κ2) is 4.82. The van der Waals surface area contributed by atoms with E-state index in [1.165, 1.54) is 0 Å². The molecule has 1 aromatic carbocycles. The van der Waals surface area contributed by atoms with Gasteiger partial charge >= 0.3 is 0 Å². The Morgan fingerprint density at radius 2 is 1.70 bits per heavy atom. The van der Waals surface area contributed by atoms with Crippen molar-refractivity contribution in [2.24, 2.45) is 0 Å². The van der Waals surface area contributed by atoms with Crippen LogP contribution in [0.2, 0.25) is 0 Å². The van der Waals surface area contributed by atoms with Gasteiger partial charge in [0, 0.05) is 22.4 Å². The molecule has 4 heteroatoms. The van der Waals surface area contributed by atoms with Gasteiger partial charge in [0.25, 0.3) is 0 Å². The van der Waals surface area contributed by atoms with Crippen molar-refractivity contribution < 1.29 is 31.1 Å². The summed E-state index contributed by atoms with van der Waals surface area (Å²) in [5.74, 6) is 0. The average molecular weight is 250 g/mol. The maximum Gasteiger partial charge on any atom is 0.186 e. The van der Waals surface area contributed by atoms with Crippen LogP contribution in [-0.2, 0) is 33.5 Å². The van der Waals surface area contributed by atoms with E-state index in [0.29, 0.717) is 4.90 Å². The van der Waals surface area contributed by atoms with E-state index in [2.05, 4.69) is 0 Å². The number of hydrogen-bond donors (Lipinski definition) is 1. The summed E-state index contributed by atoms with van der Waals surface area (Å²) in [6.45, 7) is 0. The summed E-state index contributed by atoms with van der Waals surface area (Å²) in [5.41, 5.74) is 0. The summed E-state index contributed by atoms with van der Waals surface area (Å²) in [6.07, 6.45) is 0. The molecule has 1 aromatic rings. The number of benzene rings is 1. The first-order valence-electron chi connectivity index (χ1n) is 2.46. The molecule has 1 radical (unpaired) electrons. The normalized spacial score (nSPS) is 11.7. The quantitative estimate of drug-likeness (QED) is 0.601. The summed E-state index contributed by atoms with van der Waals surface area (Å²) < 4.78 is 18.8. The van der Waals surface area contributed by atoms with Crippen LogP contribution in [0.3, 0.4) is 0 Å². The van der Waals surface area contributed by atoms with Crippen LogP contribution >= 0.6 is 0 Å². The summed E-state index contributed by atoms with van der Waals surface area (Å²) in [4.78, 5) is 0.442. The molecule has 2 nitrogen and oxygen atoms in total. The van der Waals surface area contributed by atoms with Gasteiger partial charge in [0.2, 0.25) is 0 Å². The Labute approximate surface area is 77.4 Å². The molecule has 0 aromatic heterocycles. The summed E-state index contributed by atoms with van der Waals surface area (Å²) in [7, 11) is 0. The third kappa shape index (κ3) is 2.77. The summed E-state index contributed by atoms with van der Waals surface area (Å²) in [6, 6.07) is 8.47. The molecule has 0 bridgehead atoms. The van der Waals surface area contributed by atoms with E-state index < -0.39 is 11.1 Å². The largest absolute Gasteiger partial charge is 0.302 e. The van der Waals surface area contributed by atoms with E-state index in [9.17, 15) is 4.21 Å². The van der Waals surface area contributed by atoms with Crippen molar-refractivity contribution >= 4 is 11.1 Å². The van der Waals surface area contributed by atoms with Gasteiger partial charge in [-0.25, -0.2) is 4.21 Å². The van der Waals surface area contributed by atoms with E-state index in [1.807, 2.05) is 0 Å². The molecule has 1 unspecified atom stereocenters. The third-order valence-electron chi connectivity index (χ3n) is 0.945. The summed E-state index contributed by atoms with van der Waals surface area (Å²) in [5, 5.41) is 0. The predicted octanol–water partition coefficient (Wildman–Crippen LogP) is 1.26. The van der Waals surface area contributed by atoms with Crippen molar-refractivity contribution in [3.8, 4) is 0 Å². The Morgan fingerprint density at radius 3 is 2.00 bits per heavy atom. The fourth-order valence-corrected chi connectivity index (χ4v) is 0.927. The molecule has 0 aliphatic heterocycles. The molecular formula is C6H6AgO2S. The first-order chi connectivity index (χ1) is 4.30. The van der Waals surface area contributed by atoms with Gasteiger partial charge in [-0.15, -0.1) is 0 Å². The fourth-order valence-electron chi connectivity index (χ4n) is 0.537. The van der Waals surface area contributed by atoms with Gasteiger partial charge in [0.1, 0.15) is 0 Å². The smallest absolute Gasteiger partial charge is 0.186 e. The topological polar surface area (TPSA) is 37.3 Å². The van der Waals surface area contributed by atoms with Gasteiger partial charge in [-0.3, -0.25) is 0 Å². The van der Waals surface area contributed by atoms with E-state index >= 15 is 0 Å². The van der Waals surface area contributed by atoms with Crippen molar-refractivity contribution in [1.29, 1.82) is 0 Å². The van der Waals surface area contributed by atoms with Gasteiger partial charge in [-0.1, -0.05) is 18.2 Å². The molecular weight excluding hydrogens is 244 g/mol. The predicted molar refractivity (Wildman–Crippen MR) is 35.5 cm³/mol. The van der Waals surface area contributed by atoms with Gasteiger partial charge in [-0.2, -0.15) is 0 Å². The minimum Gasteiger partial charge on any atom is -0.302 e. The molecule has 1 N–H and O–H groups in total. The van der Waals surface area contributed by atoms with Crippen LogP contribution in [-0.4, -0.2) is 8.76 Å². The number of rotatable bonds is 1. The molecule has 59 valence electrons. The Balaban J connectivity index is 0.000000810. The van der Waals surface area contributed by atoms with Gasteiger partial charge in [0.05, 0.1) is 4.90 Å². The van der Waals surface area contributed by atoms with Gasteiger partial charge in [0.15, 0.2) is 11.1 Å². The van der Waals surface area contributed by atoms with E-state index in [0.717, 1.165) is 0 Å². The minimum atomic E-state index is -1.83. The maximum absolute atomic E-state index is 10.3. The third-order valence-corrected chi connectivity index (χ3v) is 1.62. The van der Waals surface area contributed by atoms with Crippen LogP contribution in [0.15, 0.2) is 35.2 Å². The average Bonchev–Trinajstić information content (AvgIpc) is 1.90. The zero-order chi connectivity index (χ0) is 6.69. The molecule has 0 aliphatic carbocycles. The molecule has 0 fully saturated rings. The standard InChI is InChI=1S/C6H6O2S.Ag/c7-9(8)6-4-2-1-3-5-6;/h1-5H,(H,7,8);. The second-order valence-corrected chi connectivity index (χ2v) is 2.53. The van der Waals surface area contributed by atoms with Gasteiger partial charge in [-0.05, 0) is 12.1 Å². The van der Waals surface area contributed by atoms with Crippen molar-refractivity contribution in [1.82, 2.24) is 0 Å². The minimum absolute atomic E-state index is 0. The first-order valence-corrected chi connectivity index (χ1v) is 3.57. The molecule has 0 heterocycles. The van der Waals surface area contributed by atoms with Crippen molar-refractivity contribution in [3.63, 3.8) is 0 Å². The van der Waals surface area contributed by atoms with Crippen molar-refractivity contribution in [3.05, 3.63) is 30.3 Å². The molecule has 0 amide bonds. The molecule has 10 heavy (non-hydrogen) atoms. The Kier molecular flexibility index (Phi) is 4.85.